The molecule has 1 aliphatic rings. The Morgan fingerprint density at radius 2 is 1.45 bits per heavy atom. The van der Waals surface area contributed by atoms with Gasteiger partial charge in [-0.3, -0.25) is 14.4 Å². The quantitative estimate of drug-likeness (QED) is 0.134. The Morgan fingerprint density at radius 3 is 2.13 bits per heavy atom. The third-order valence-corrected chi connectivity index (χ3v) is 10.3. The average Bonchev–Trinajstić information content (AvgIpc) is 3.50. The predicted molar refractivity (Wildman–Crippen MR) is 200 cm³/mol. The van der Waals surface area contributed by atoms with Crippen LogP contribution in [0.1, 0.15) is 16.1 Å². The third-order valence-electron chi connectivity index (χ3n) is 8.95. The molecule has 1 amide bonds. The number of ether oxygens (including phenoxy) is 3. The molecule has 11 nitrogen and oxygen atoms in total. The minimum atomic E-state index is -4.39. The Morgan fingerprint density at radius 1 is 0.782 bits per heavy atom. The highest BCUT2D eigenvalue weighted by molar-refractivity contribution is 7.92. The highest BCUT2D eigenvalue weighted by Crippen LogP contribution is 2.29. The number of amides is 1. The van der Waals surface area contributed by atoms with E-state index in [9.17, 15) is 26.4 Å². The zero-order valence-electron chi connectivity index (χ0n) is 29.6. The van der Waals surface area contributed by atoms with Crippen molar-refractivity contribution in [1.29, 1.82) is 0 Å². The Kier molecular flexibility index (Phi) is 10.7. The van der Waals surface area contributed by atoms with Crippen LogP contribution in [0.2, 0.25) is 0 Å². The highest BCUT2D eigenvalue weighted by Gasteiger charge is 2.28. The van der Waals surface area contributed by atoms with Crippen LogP contribution in [0, 0.1) is 0 Å². The Bertz CT molecular complexity index is 2360. The molecule has 0 atom stereocenters. The van der Waals surface area contributed by atoms with Crippen molar-refractivity contribution in [3.63, 3.8) is 0 Å². The van der Waals surface area contributed by atoms with Crippen LogP contribution in [0.15, 0.2) is 126 Å². The number of nitrogens with one attached hydrogen (secondary N) is 1. The van der Waals surface area contributed by atoms with Gasteiger partial charge in [-0.15, -0.1) is 0 Å². The first-order chi connectivity index (χ1) is 26.4. The molecule has 1 N–H and O–H groups in total. The number of pyridine rings is 1. The largest absolute Gasteiger partial charge is 0.484 e. The van der Waals surface area contributed by atoms with Gasteiger partial charge in [0.05, 0.1) is 22.3 Å². The summed E-state index contributed by atoms with van der Waals surface area (Å²) in [6, 6.07) is 32.2. The molecule has 2 aromatic heterocycles. The van der Waals surface area contributed by atoms with Gasteiger partial charge >= 0.3 is 6.18 Å². The van der Waals surface area contributed by atoms with Crippen LogP contribution in [0.4, 0.5) is 18.9 Å². The molecule has 3 heterocycles. The summed E-state index contributed by atoms with van der Waals surface area (Å²) in [5.74, 6) is 1.94. The van der Waals surface area contributed by atoms with E-state index in [1.807, 2.05) is 52.9 Å². The van der Waals surface area contributed by atoms with E-state index in [-0.39, 0.29) is 28.1 Å². The maximum absolute atomic E-state index is 13.6. The number of fused-ring (bicyclic) bond motifs is 1. The second-order valence-corrected chi connectivity index (χ2v) is 14.6. The summed E-state index contributed by atoms with van der Waals surface area (Å²) < 4.78 is 84.2. The fraction of sp³-hybridized carbons (Fsp3) is 0.200. The molecule has 0 radical (unpaired) electrons. The molecule has 0 saturated carbocycles. The van der Waals surface area contributed by atoms with Crippen LogP contribution in [-0.4, -0.2) is 72.6 Å². The van der Waals surface area contributed by atoms with E-state index >= 15 is 0 Å². The van der Waals surface area contributed by atoms with E-state index in [2.05, 4.69) is 14.6 Å². The molecule has 15 heteroatoms. The molecule has 0 aliphatic carbocycles. The first kappa shape index (κ1) is 37.3. The normalized spacial score (nSPS) is 13.8. The number of aryl methyl sites for hydroxylation is 1. The summed E-state index contributed by atoms with van der Waals surface area (Å²) >= 11 is 0. The topological polar surface area (TPSA) is 115 Å². The van der Waals surface area contributed by atoms with Gasteiger partial charge in [-0.05, 0) is 78.4 Å². The van der Waals surface area contributed by atoms with Gasteiger partial charge in [-0.25, -0.2) is 13.4 Å². The Labute approximate surface area is 315 Å². The van der Waals surface area contributed by atoms with Gasteiger partial charge in [0, 0.05) is 57.3 Å². The number of alkyl halides is 3. The zero-order chi connectivity index (χ0) is 38.6. The molecule has 0 spiro atoms. The number of anilines is 1. The molecule has 1 fully saturated rings. The number of hydrogen-bond acceptors (Lipinski definition) is 8. The Hall–Kier alpha value is -6.06. The first-order valence-corrected chi connectivity index (χ1v) is 18.8. The molecule has 55 heavy (non-hydrogen) atoms. The van der Waals surface area contributed by atoms with Crippen LogP contribution in [0.3, 0.4) is 0 Å². The lowest BCUT2D eigenvalue weighted by molar-refractivity contribution is -0.153. The van der Waals surface area contributed by atoms with Crippen molar-refractivity contribution in [1.82, 2.24) is 19.4 Å². The molecule has 1 saturated heterocycles. The van der Waals surface area contributed by atoms with Crippen molar-refractivity contribution in [2.75, 3.05) is 37.5 Å². The third kappa shape index (κ3) is 9.37. The summed E-state index contributed by atoms with van der Waals surface area (Å²) in [5.41, 5.74) is 2.51. The number of sulfonamides is 1. The molecule has 4 aromatic carbocycles. The summed E-state index contributed by atoms with van der Waals surface area (Å²) in [4.78, 5) is 21.9. The SMILES string of the molecule is Cn1c(C(=O)N2CCN(Cc3ccc(OCC(F)(F)F)cc3)CC2)cc2ccc(Oc3ccc(NS(=O)(=O)c4ccc(Oc5ccccc5)cc4)cn3)cc21. The molecule has 7 rings (SSSR count). The number of carbonyl (C=O) groups excluding carboxylic acids is 1. The fourth-order valence-corrected chi connectivity index (χ4v) is 7.15. The number of hydrogen-bond donors (Lipinski definition) is 1. The average molecular weight is 772 g/mol. The van der Waals surface area contributed by atoms with Crippen molar-refractivity contribution in [3.05, 3.63) is 133 Å². The van der Waals surface area contributed by atoms with Crippen molar-refractivity contribution < 1.29 is 40.6 Å². The molecular formula is C40H36F3N5O6S. The van der Waals surface area contributed by atoms with E-state index in [0.29, 0.717) is 55.7 Å². The molecule has 1 aliphatic heterocycles. The minimum Gasteiger partial charge on any atom is -0.484 e. The fourth-order valence-electron chi connectivity index (χ4n) is 6.11. The van der Waals surface area contributed by atoms with Gasteiger partial charge in [0.1, 0.15) is 28.7 Å². The van der Waals surface area contributed by atoms with Crippen LogP contribution in [0.25, 0.3) is 10.9 Å². The van der Waals surface area contributed by atoms with Gasteiger partial charge in [0.15, 0.2) is 6.61 Å². The second-order valence-electron chi connectivity index (χ2n) is 12.9. The number of halogens is 3. The smallest absolute Gasteiger partial charge is 0.422 e. The van der Waals surface area contributed by atoms with Crippen molar-refractivity contribution in [2.45, 2.75) is 17.6 Å². The van der Waals surface area contributed by atoms with E-state index in [0.717, 1.165) is 16.5 Å². The summed E-state index contributed by atoms with van der Waals surface area (Å²) in [7, 11) is -2.07. The van der Waals surface area contributed by atoms with E-state index in [1.165, 1.54) is 30.5 Å². The van der Waals surface area contributed by atoms with Gasteiger partial charge in [0.2, 0.25) is 5.88 Å². The standard InChI is InChI=1S/C40H36F3N5O6S/c1-46-36-24-34(54-38-18-10-30(25-44-38)45-55(50,51)35-16-14-33(15-17-35)53-32-5-3-2-4-6-32)13-9-29(36)23-37(46)39(49)48-21-19-47(20-22-48)26-28-7-11-31(12-8-28)52-27-40(41,42)43/h2-18,23-25,45H,19-22,26-27H2,1H3. The number of rotatable bonds is 12. The van der Waals surface area contributed by atoms with Crippen molar-refractivity contribution in [2.24, 2.45) is 7.05 Å². The minimum absolute atomic E-state index is 0.0623. The molecule has 0 bridgehead atoms. The second kappa shape index (κ2) is 15.7. The van der Waals surface area contributed by atoms with Crippen LogP contribution in [-0.2, 0) is 23.6 Å². The van der Waals surface area contributed by atoms with Gasteiger partial charge in [-0.2, -0.15) is 13.2 Å². The first-order valence-electron chi connectivity index (χ1n) is 17.3. The van der Waals surface area contributed by atoms with Crippen molar-refractivity contribution in [3.8, 4) is 28.9 Å². The van der Waals surface area contributed by atoms with Gasteiger partial charge < -0.3 is 23.7 Å². The van der Waals surface area contributed by atoms with Crippen molar-refractivity contribution >= 4 is 32.5 Å². The maximum atomic E-state index is 13.6. The van der Waals surface area contributed by atoms with E-state index < -0.39 is 22.8 Å². The Balaban J connectivity index is 0.923. The van der Waals surface area contributed by atoms with Crippen LogP contribution < -0.4 is 18.9 Å². The molecular weight excluding hydrogens is 736 g/mol. The number of aromatic nitrogens is 2. The summed E-state index contributed by atoms with van der Waals surface area (Å²) in [5, 5.41) is 0.858. The highest BCUT2D eigenvalue weighted by atomic mass is 32.2. The number of piperazine rings is 1. The number of carbonyl (C=O) groups is 1. The zero-order valence-corrected chi connectivity index (χ0v) is 30.4. The van der Waals surface area contributed by atoms with E-state index in [4.69, 9.17) is 14.2 Å². The van der Waals surface area contributed by atoms with E-state index in [1.54, 1.807) is 54.6 Å². The number of para-hydroxylation sites is 1. The summed E-state index contributed by atoms with van der Waals surface area (Å²) in [6.07, 6.45) is -3.03. The lowest BCUT2D eigenvalue weighted by Gasteiger charge is -2.34. The predicted octanol–water partition coefficient (Wildman–Crippen LogP) is 7.86. The lowest BCUT2D eigenvalue weighted by Crippen LogP contribution is -2.48. The van der Waals surface area contributed by atoms with Gasteiger partial charge in [-0.1, -0.05) is 30.3 Å². The number of nitrogens with zero attached hydrogens (tertiary/aromatic N) is 4. The van der Waals surface area contributed by atoms with Crippen LogP contribution in [0.5, 0.6) is 28.9 Å². The maximum Gasteiger partial charge on any atom is 0.422 e. The molecule has 0 unspecified atom stereocenters. The molecule has 284 valence electrons. The lowest BCUT2D eigenvalue weighted by atomic mass is 10.2. The molecule has 6 aromatic rings. The monoisotopic (exact) mass is 771 g/mol. The van der Waals surface area contributed by atoms with Gasteiger partial charge in [0.25, 0.3) is 15.9 Å². The van der Waals surface area contributed by atoms with Crippen LogP contribution >= 0.6 is 0 Å². The summed E-state index contributed by atoms with van der Waals surface area (Å²) in [6.45, 7) is 1.60. The number of benzene rings is 4.